The van der Waals surface area contributed by atoms with Crippen molar-refractivity contribution in [3.8, 4) is 6.07 Å². The molecule has 0 spiro atoms. The molecule has 1 unspecified atom stereocenters. The Morgan fingerprint density at radius 2 is 2.17 bits per heavy atom. The molecule has 0 bridgehead atoms. The average molecular weight is 243 g/mol. The van der Waals surface area contributed by atoms with E-state index in [1.165, 1.54) is 5.56 Å². The zero-order valence-corrected chi connectivity index (χ0v) is 10.3. The molecule has 18 heavy (non-hydrogen) atoms. The summed E-state index contributed by atoms with van der Waals surface area (Å²) in [6.07, 6.45) is 1.18. The van der Waals surface area contributed by atoms with Gasteiger partial charge in [0.05, 0.1) is 12.5 Å². The van der Waals surface area contributed by atoms with Crippen molar-refractivity contribution >= 4 is 5.91 Å². The molecule has 1 saturated heterocycles. The number of carbonyl (C=O) groups is 1. The van der Waals surface area contributed by atoms with E-state index in [0.29, 0.717) is 6.54 Å². The maximum atomic E-state index is 11.9. The van der Waals surface area contributed by atoms with Gasteiger partial charge in [0.25, 0.3) is 0 Å². The molecule has 1 amide bonds. The van der Waals surface area contributed by atoms with Gasteiger partial charge in [0.1, 0.15) is 6.04 Å². The lowest BCUT2D eigenvalue weighted by molar-refractivity contribution is -0.125. The lowest BCUT2D eigenvalue weighted by Gasteiger charge is -2.26. The van der Waals surface area contributed by atoms with E-state index in [4.69, 9.17) is 5.26 Å². The van der Waals surface area contributed by atoms with Gasteiger partial charge in [-0.3, -0.25) is 9.69 Å². The summed E-state index contributed by atoms with van der Waals surface area (Å²) in [6, 6.07) is 11.8. The molecule has 0 saturated carbocycles. The van der Waals surface area contributed by atoms with Gasteiger partial charge in [0.15, 0.2) is 0 Å². The van der Waals surface area contributed by atoms with Gasteiger partial charge in [-0.15, -0.1) is 0 Å². The quantitative estimate of drug-likeness (QED) is 0.870. The first-order chi connectivity index (χ1) is 8.81. The number of carbonyl (C=O) groups excluding carboxylic acids is 1. The van der Waals surface area contributed by atoms with Crippen LogP contribution in [0.1, 0.15) is 18.4 Å². The predicted molar refractivity (Wildman–Crippen MR) is 68.5 cm³/mol. The number of hydrogen-bond donors (Lipinski definition) is 1. The van der Waals surface area contributed by atoms with Gasteiger partial charge in [-0.2, -0.15) is 5.26 Å². The second kappa shape index (κ2) is 6.18. The third-order valence-electron chi connectivity index (χ3n) is 3.18. The fraction of sp³-hybridized carbons (Fsp3) is 0.429. The van der Waals surface area contributed by atoms with Crippen LogP contribution in [0.4, 0.5) is 0 Å². The fourth-order valence-electron chi connectivity index (χ4n) is 2.25. The summed E-state index contributed by atoms with van der Waals surface area (Å²) in [6.45, 7) is 2.27. The first kappa shape index (κ1) is 12.6. The summed E-state index contributed by atoms with van der Waals surface area (Å²) in [7, 11) is 0. The minimum atomic E-state index is -0.322. The van der Waals surface area contributed by atoms with Crippen molar-refractivity contribution in [1.82, 2.24) is 10.2 Å². The number of nitriles is 1. The zero-order valence-electron chi connectivity index (χ0n) is 10.3. The van der Waals surface area contributed by atoms with Crippen LogP contribution in [0.2, 0.25) is 0 Å². The third kappa shape index (κ3) is 3.08. The van der Waals surface area contributed by atoms with Crippen molar-refractivity contribution in [2.24, 2.45) is 0 Å². The molecule has 1 atom stereocenters. The van der Waals surface area contributed by atoms with E-state index in [1.54, 1.807) is 0 Å². The molecule has 4 nitrogen and oxygen atoms in total. The first-order valence-corrected chi connectivity index (χ1v) is 6.24. The molecule has 4 heteroatoms. The lowest BCUT2D eigenvalue weighted by atomic mass is 10.1. The number of nitrogens with zero attached hydrogens (tertiary/aromatic N) is 2. The molecule has 0 aromatic heterocycles. The van der Waals surface area contributed by atoms with Crippen LogP contribution >= 0.6 is 0 Å². The van der Waals surface area contributed by atoms with Crippen molar-refractivity contribution in [3.63, 3.8) is 0 Å². The van der Waals surface area contributed by atoms with E-state index >= 15 is 0 Å². The Kier molecular flexibility index (Phi) is 4.32. The minimum Gasteiger partial charge on any atom is -0.355 e. The van der Waals surface area contributed by atoms with Crippen molar-refractivity contribution in [2.45, 2.75) is 25.4 Å². The van der Waals surface area contributed by atoms with Gasteiger partial charge in [-0.05, 0) is 12.0 Å². The Morgan fingerprint density at radius 1 is 1.39 bits per heavy atom. The van der Waals surface area contributed by atoms with E-state index < -0.39 is 0 Å². The first-order valence-electron chi connectivity index (χ1n) is 6.24. The molecule has 1 aliphatic heterocycles. The molecule has 1 fully saturated rings. The predicted octanol–water partition coefficient (Wildman–Crippen LogP) is 1.29. The van der Waals surface area contributed by atoms with Crippen LogP contribution in [0, 0.1) is 11.3 Å². The van der Waals surface area contributed by atoms with Crippen molar-refractivity contribution < 1.29 is 4.79 Å². The van der Waals surface area contributed by atoms with E-state index in [0.717, 1.165) is 19.5 Å². The standard InChI is InChI=1S/C14H17N3O/c15-8-7-13-14(18)16-9-4-10-17(13)11-12-5-2-1-3-6-12/h1-3,5-6,13H,4,7,9-11H2,(H,16,18). The highest BCUT2D eigenvalue weighted by Crippen LogP contribution is 2.13. The Morgan fingerprint density at radius 3 is 2.89 bits per heavy atom. The second-order valence-electron chi connectivity index (χ2n) is 4.48. The smallest absolute Gasteiger partial charge is 0.238 e. The third-order valence-corrected chi connectivity index (χ3v) is 3.18. The van der Waals surface area contributed by atoms with Crippen LogP contribution in [-0.4, -0.2) is 29.9 Å². The summed E-state index contributed by atoms with van der Waals surface area (Å²) in [5, 5.41) is 11.7. The topological polar surface area (TPSA) is 56.1 Å². The molecule has 1 aliphatic rings. The molecular formula is C14H17N3O. The van der Waals surface area contributed by atoms with Gasteiger partial charge in [-0.25, -0.2) is 0 Å². The van der Waals surface area contributed by atoms with Crippen molar-refractivity contribution in [2.75, 3.05) is 13.1 Å². The number of rotatable bonds is 3. The van der Waals surface area contributed by atoms with Gasteiger partial charge >= 0.3 is 0 Å². The summed E-state index contributed by atoms with van der Waals surface area (Å²) in [4.78, 5) is 14.0. The zero-order chi connectivity index (χ0) is 12.8. The second-order valence-corrected chi connectivity index (χ2v) is 4.48. The number of benzene rings is 1. The monoisotopic (exact) mass is 243 g/mol. The van der Waals surface area contributed by atoms with Crippen LogP contribution in [0.5, 0.6) is 0 Å². The summed E-state index contributed by atoms with van der Waals surface area (Å²) < 4.78 is 0. The Labute approximate surface area is 107 Å². The van der Waals surface area contributed by atoms with E-state index in [9.17, 15) is 4.79 Å². The highest BCUT2D eigenvalue weighted by Gasteiger charge is 2.27. The van der Waals surface area contributed by atoms with Gasteiger partial charge in [-0.1, -0.05) is 30.3 Å². The number of amides is 1. The molecule has 0 radical (unpaired) electrons. The molecule has 94 valence electrons. The molecule has 1 aromatic rings. The molecular weight excluding hydrogens is 226 g/mol. The van der Waals surface area contributed by atoms with Gasteiger partial charge in [0, 0.05) is 19.6 Å². The van der Waals surface area contributed by atoms with E-state index in [2.05, 4.69) is 16.3 Å². The van der Waals surface area contributed by atoms with Crippen molar-refractivity contribution in [3.05, 3.63) is 35.9 Å². The van der Waals surface area contributed by atoms with Crippen LogP contribution in [-0.2, 0) is 11.3 Å². The molecule has 2 rings (SSSR count). The minimum absolute atomic E-state index is 0.0232. The lowest BCUT2D eigenvalue weighted by Crippen LogP contribution is -2.43. The maximum Gasteiger partial charge on any atom is 0.238 e. The molecule has 1 heterocycles. The van der Waals surface area contributed by atoms with Gasteiger partial charge in [0.2, 0.25) is 5.91 Å². The molecule has 1 aromatic carbocycles. The van der Waals surface area contributed by atoms with Gasteiger partial charge < -0.3 is 5.32 Å². The normalized spacial score (nSPS) is 20.8. The Balaban J connectivity index is 2.12. The van der Waals surface area contributed by atoms with Crippen LogP contribution in [0.25, 0.3) is 0 Å². The van der Waals surface area contributed by atoms with E-state index in [-0.39, 0.29) is 18.4 Å². The van der Waals surface area contributed by atoms with Crippen LogP contribution < -0.4 is 5.32 Å². The fourth-order valence-corrected chi connectivity index (χ4v) is 2.25. The summed E-state index contributed by atoms with van der Waals surface area (Å²) >= 11 is 0. The number of hydrogen-bond acceptors (Lipinski definition) is 3. The molecule has 1 N–H and O–H groups in total. The average Bonchev–Trinajstić information content (AvgIpc) is 2.56. The highest BCUT2D eigenvalue weighted by molar-refractivity contribution is 5.82. The Bertz CT molecular complexity index is 438. The SMILES string of the molecule is N#CCC1C(=O)NCCCN1Cc1ccccc1. The summed E-state index contributed by atoms with van der Waals surface area (Å²) in [5.74, 6) is -0.0232. The maximum absolute atomic E-state index is 11.9. The number of nitrogens with one attached hydrogen (secondary N) is 1. The van der Waals surface area contributed by atoms with Crippen LogP contribution in [0.15, 0.2) is 30.3 Å². The summed E-state index contributed by atoms with van der Waals surface area (Å²) in [5.41, 5.74) is 1.18. The Hall–Kier alpha value is -1.86. The molecule has 0 aliphatic carbocycles. The highest BCUT2D eigenvalue weighted by atomic mass is 16.2. The van der Waals surface area contributed by atoms with Crippen LogP contribution in [0.3, 0.4) is 0 Å². The largest absolute Gasteiger partial charge is 0.355 e. The van der Waals surface area contributed by atoms with E-state index in [1.807, 2.05) is 30.3 Å². The van der Waals surface area contributed by atoms with Crippen molar-refractivity contribution in [1.29, 1.82) is 5.26 Å².